The number of methoxy groups -OCH3 is 1. The van der Waals surface area contributed by atoms with Gasteiger partial charge in [-0.05, 0) is 30.2 Å². The molecule has 3 aromatic rings. The number of imide groups is 1. The summed E-state index contributed by atoms with van der Waals surface area (Å²) in [6, 6.07) is 22.9. The van der Waals surface area contributed by atoms with Crippen molar-refractivity contribution in [3.63, 3.8) is 0 Å². The average Bonchev–Trinajstić information content (AvgIpc) is 3.34. The van der Waals surface area contributed by atoms with E-state index in [1.807, 2.05) is 61.5 Å². The summed E-state index contributed by atoms with van der Waals surface area (Å²) in [5, 5.41) is 13.8. The zero-order chi connectivity index (χ0) is 24.7. The van der Waals surface area contributed by atoms with Gasteiger partial charge in [0.25, 0.3) is 0 Å². The lowest BCUT2D eigenvalue weighted by Crippen LogP contribution is -2.57. The molecule has 0 unspecified atom stereocenters. The van der Waals surface area contributed by atoms with Crippen LogP contribution in [0.25, 0.3) is 0 Å². The van der Waals surface area contributed by atoms with Gasteiger partial charge in [0.2, 0.25) is 11.8 Å². The van der Waals surface area contributed by atoms with Crippen molar-refractivity contribution in [1.82, 2.24) is 5.32 Å². The van der Waals surface area contributed by atoms with E-state index in [1.54, 1.807) is 24.3 Å². The second-order valence-corrected chi connectivity index (χ2v) is 9.16. The minimum absolute atomic E-state index is 0.0610. The molecule has 5 rings (SSSR count). The van der Waals surface area contributed by atoms with Crippen LogP contribution in [0.2, 0.25) is 0 Å². The molecule has 0 aromatic heterocycles. The molecule has 2 saturated heterocycles. The van der Waals surface area contributed by atoms with E-state index in [9.17, 15) is 19.5 Å². The number of carbonyl (C=O) groups excluding carboxylic acids is 2. The van der Waals surface area contributed by atoms with Crippen molar-refractivity contribution in [2.75, 3.05) is 12.0 Å². The summed E-state index contributed by atoms with van der Waals surface area (Å²) in [4.78, 5) is 41.9. The van der Waals surface area contributed by atoms with Crippen LogP contribution < -0.4 is 15.0 Å². The Kier molecular flexibility index (Phi) is 5.65. The van der Waals surface area contributed by atoms with Crippen molar-refractivity contribution in [1.29, 1.82) is 0 Å². The van der Waals surface area contributed by atoms with Crippen LogP contribution in [0.3, 0.4) is 0 Å². The lowest BCUT2D eigenvalue weighted by atomic mass is 9.76. The van der Waals surface area contributed by atoms with Crippen LogP contribution in [0.5, 0.6) is 5.75 Å². The zero-order valence-corrected chi connectivity index (χ0v) is 19.5. The molecule has 2 heterocycles. The van der Waals surface area contributed by atoms with E-state index in [2.05, 4.69) is 5.32 Å². The number of ether oxygens (including phenoxy) is 1. The number of benzene rings is 3. The molecule has 2 fully saturated rings. The van der Waals surface area contributed by atoms with Gasteiger partial charge in [0, 0.05) is 12.5 Å². The third kappa shape index (κ3) is 3.59. The molecule has 0 saturated carbocycles. The lowest BCUT2D eigenvalue weighted by Gasteiger charge is -2.31. The van der Waals surface area contributed by atoms with E-state index in [0.717, 1.165) is 21.6 Å². The van der Waals surface area contributed by atoms with Crippen molar-refractivity contribution in [2.24, 2.45) is 11.8 Å². The van der Waals surface area contributed by atoms with E-state index >= 15 is 0 Å². The molecule has 0 spiro atoms. The maximum atomic E-state index is 14.0. The zero-order valence-electron chi connectivity index (χ0n) is 19.5. The molecule has 2 aliphatic rings. The SMILES string of the molecule is COc1ccccc1N1C(=O)[C@@H]2[C@H](c3ccc(C)cc3)N[C@@](Cc3ccccc3)(C(=O)O)[C@H]2C1=O. The summed E-state index contributed by atoms with van der Waals surface area (Å²) in [7, 11) is 1.47. The predicted octanol–water partition coefficient (Wildman–Crippen LogP) is 3.52. The van der Waals surface area contributed by atoms with Crippen LogP contribution in [-0.2, 0) is 20.8 Å². The molecule has 178 valence electrons. The maximum Gasteiger partial charge on any atom is 0.325 e. The second-order valence-electron chi connectivity index (χ2n) is 9.16. The van der Waals surface area contributed by atoms with E-state index in [1.165, 1.54) is 7.11 Å². The number of para-hydroxylation sites is 2. The van der Waals surface area contributed by atoms with Crippen molar-refractivity contribution < 1.29 is 24.2 Å². The molecule has 2 N–H and O–H groups in total. The summed E-state index contributed by atoms with van der Waals surface area (Å²) < 4.78 is 5.42. The molecule has 4 atom stereocenters. The first-order valence-corrected chi connectivity index (χ1v) is 11.5. The van der Waals surface area contributed by atoms with E-state index in [4.69, 9.17) is 4.74 Å². The number of amides is 2. The lowest BCUT2D eigenvalue weighted by molar-refractivity contribution is -0.148. The summed E-state index contributed by atoms with van der Waals surface area (Å²) in [6.07, 6.45) is 0.0610. The smallest absolute Gasteiger partial charge is 0.325 e. The van der Waals surface area contributed by atoms with Gasteiger partial charge in [0.05, 0.1) is 24.6 Å². The van der Waals surface area contributed by atoms with Crippen molar-refractivity contribution >= 4 is 23.5 Å². The number of hydrogen-bond donors (Lipinski definition) is 2. The number of carboxylic acids is 1. The molecule has 2 aliphatic heterocycles. The number of nitrogens with zero attached hydrogens (tertiary/aromatic N) is 1. The Labute approximate surface area is 203 Å². The molecule has 0 aliphatic carbocycles. The quantitative estimate of drug-likeness (QED) is 0.535. The molecular weight excluding hydrogens is 444 g/mol. The average molecular weight is 471 g/mol. The van der Waals surface area contributed by atoms with Crippen LogP contribution in [0.4, 0.5) is 5.69 Å². The molecule has 7 nitrogen and oxygen atoms in total. The fraction of sp³-hybridized carbons (Fsp3) is 0.250. The van der Waals surface area contributed by atoms with Gasteiger partial charge in [-0.3, -0.25) is 19.7 Å². The van der Waals surface area contributed by atoms with Crippen molar-refractivity contribution in [3.8, 4) is 5.75 Å². The minimum Gasteiger partial charge on any atom is -0.495 e. The molecule has 35 heavy (non-hydrogen) atoms. The van der Waals surface area contributed by atoms with Crippen LogP contribution in [0, 0.1) is 18.8 Å². The molecule has 2 amide bonds. The number of aryl methyl sites for hydroxylation is 1. The van der Waals surface area contributed by atoms with Gasteiger partial charge in [0.1, 0.15) is 11.3 Å². The first-order valence-electron chi connectivity index (χ1n) is 11.5. The molecule has 0 radical (unpaired) electrons. The van der Waals surface area contributed by atoms with Gasteiger partial charge in [0.15, 0.2) is 0 Å². The van der Waals surface area contributed by atoms with E-state index in [-0.39, 0.29) is 6.42 Å². The summed E-state index contributed by atoms with van der Waals surface area (Å²) in [5.74, 6) is -3.73. The van der Waals surface area contributed by atoms with Crippen LogP contribution >= 0.6 is 0 Å². The standard InChI is InChI=1S/C28H26N2O5/c1-17-12-14-19(15-13-17)24-22-23(28(29-24,27(33)34)16-18-8-4-3-5-9-18)26(32)30(25(22)31)20-10-6-7-11-21(20)35-2/h3-15,22-24,29H,16H2,1-2H3,(H,33,34)/t22-,23+,24-,28+/m0/s1. The van der Waals surface area contributed by atoms with Crippen LogP contribution in [-0.4, -0.2) is 35.5 Å². The number of aliphatic carboxylic acids is 1. The van der Waals surface area contributed by atoms with Crippen LogP contribution in [0.15, 0.2) is 78.9 Å². The number of rotatable bonds is 6. The predicted molar refractivity (Wildman–Crippen MR) is 130 cm³/mol. The highest BCUT2D eigenvalue weighted by Gasteiger charge is 2.68. The first-order chi connectivity index (χ1) is 16.9. The Hall–Kier alpha value is -3.97. The second kappa shape index (κ2) is 8.67. The maximum absolute atomic E-state index is 14.0. The van der Waals surface area contributed by atoms with Gasteiger partial charge in [-0.25, -0.2) is 4.90 Å². The molecular formula is C28H26N2O5. The first kappa shape index (κ1) is 22.8. The normalized spacial score (nSPS) is 25.5. The summed E-state index contributed by atoms with van der Waals surface area (Å²) >= 11 is 0. The summed E-state index contributed by atoms with van der Waals surface area (Å²) in [5.41, 5.74) is 1.24. The highest BCUT2D eigenvalue weighted by atomic mass is 16.5. The Morgan fingerprint density at radius 1 is 0.971 bits per heavy atom. The highest BCUT2D eigenvalue weighted by Crippen LogP contribution is 2.51. The highest BCUT2D eigenvalue weighted by molar-refractivity contribution is 6.24. The van der Waals surface area contributed by atoms with Gasteiger partial charge in [-0.1, -0.05) is 72.3 Å². The van der Waals surface area contributed by atoms with Crippen molar-refractivity contribution in [3.05, 3.63) is 95.6 Å². The van der Waals surface area contributed by atoms with Gasteiger partial charge < -0.3 is 9.84 Å². The third-order valence-corrected chi connectivity index (χ3v) is 7.12. The van der Waals surface area contributed by atoms with E-state index in [0.29, 0.717) is 11.4 Å². The Morgan fingerprint density at radius 3 is 2.29 bits per heavy atom. The Balaban J connectivity index is 1.67. The third-order valence-electron chi connectivity index (χ3n) is 7.12. The van der Waals surface area contributed by atoms with Gasteiger partial charge >= 0.3 is 5.97 Å². The molecule has 3 aromatic carbocycles. The largest absolute Gasteiger partial charge is 0.495 e. The number of carboxylic acid groups (broad SMARTS) is 1. The number of fused-ring (bicyclic) bond motifs is 1. The van der Waals surface area contributed by atoms with Gasteiger partial charge in [-0.2, -0.15) is 0 Å². The number of anilines is 1. The molecule has 0 bridgehead atoms. The minimum atomic E-state index is -1.66. The van der Waals surface area contributed by atoms with E-state index < -0.39 is 41.2 Å². The van der Waals surface area contributed by atoms with Crippen LogP contribution in [0.1, 0.15) is 22.7 Å². The monoisotopic (exact) mass is 470 g/mol. The summed E-state index contributed by atoms with van der Waals surface area (Å²) in [6.45, 7) is 1.96. The number of carbonyl (C=O) groups is 3. The Morgan fingerprint density at radius 2 is 1.63 bits per heavy atom. The van der Waals surface area contributed by atoms with Gasteiger partial charge in [-0.15, -0.1) is 0 Å². The fourth-order valence-electron chi connectivity index (χ4n) is 5.47. The fourth-order valence-corrected chi connectivity index (χ4v) is 5.47. The topological polar surface area (TPSA) is 95.9 Å². The number of nitrogens with one attached hydrogen (secondary N) is 1. The number of hydrogen-bond acceptors (Lipinski definition) is 5. The Bertz CT molecular complexity index is 1290. The molecule has 7 heteroatoms. The van der Waals surface area contributed by atoms with Crippen molar-refractivity contribution in [2.45, 2.75) is 24.9 Å².